The second-order valence-corrected chi connectivity index (χ2v) is 13.5. The first kappa shape index (κ1) is 30.1. The second-order valence-electron chi connectivity index (χ2n) is 13.5. The van der Waals surface area contributed by atoms with Gasteiger partial charge in [-0.1, -0.05) is 206 Å². The maximum absolute atomic E-state index is 2.35. The van der Waals surface area contributed by atoms with Gasteiger partial charge in [-0.3, -0.25) is 0 Å². The lowest BCUT2D eigenvalue weighted by Crippen LogP contribution is -2.00. The van der Waals surface area contributed by atoms with Crippen LogP contribution in [0.25, 0.3) is 98.7 Å². The molecule has 0 aliphatic heterocycles. The van der Waals surface area contributed by atoms with Gasteiger partial charge < -0.3 is 0 Å². The Morgan fingerprint density at radius 2 is 0.558 bits per heavy atom. The van der Waals surface area contributed by atoms with Gasteiger partial charge in [-0.05, 0) is 98.7 Å². The third kappa shape index (κ3) is 4.84. The molecule has 0 atom stereocenters. The van der Waals surface area contributed by atoms with E-state index in [1.807, 2.05) is 0 Å². The molecule has 0 bridgehead atoms. The Morgan fingerprint density at radius 3 is 1.10 bits per heavy atom. The van der Waals surface area contributed by atoms with E-state index in [-0.39, 0.29) is 0 Å². The van der Waals surface area contributed by atoms with Crippen LogP contribution in [0.3, 0.4) is 0 Å². The summed E-state index contributed by atoms with van der Waals surface area (Å²) in [5.41, 5.74) is 12.3. The Bertz CT molecular complexity index is 2920. The fourth-order valence-corrected chi connectivity index (χ4v) is 8.44. The topological polar surface area (TPSA) is 0 Å². The van der Waals surface area contributed by atoms with E-state index < -0.39 is 0 Å². The highest BCUT2D eigenvalue weighted by atomic mass is 14.3. The molecule has 0 heteroatoms. The highest BCUT2D eigenvalue weighted by molar-refractivity contribution is 6.26. The molecule has 0 unspecified atom stereocenters. The van der Waals surface area contributed by atoms with Crippen molar-refractivity contribution in [3.8, 4) is 55.6 Å². The number of hydrogen-bond acceptors (Lipinski definition) is 0. The number of rotatable bonds is 5. The summed E-state index contributed by atoms with van der Waals surface area (Å²) in [5, 5.41) is 9.92. The van der Waals surface area contributed by atoms with Crippen molar-refractivity contribution in [2.45, 2.75) is 0 Å². The van der Waals surface area contributed by atoms with Crippen LogP contribution in [0.1, 0.15) is 0 Å². The molecule has 10 rings (SSSR count). The van der Waals surface area contributed by atoms with Crippen LogP contribution in [-0.4, -0.2) is 0 Å². The first-order chi connectivity index (χ1) is 25.8. The van der Waals surface area contributed by atoms with Crippen LogP contribution in [-0.2, 0) is 0 Å². The predicted octanol–water partition coefficient (Wildman–Crippen LogP) is 14.6. The Balaban J connectivity index is 1.55. The summed E-state index contributed by atoms with van der Waals surface area (Å²) < 4.78 is 0. The highest BCUT2D eigenvalue weighted by Crippen LogP contribution is 2.55. The van der Waals surface area contributed by atoms with Gasteiger partial charge in [0.15, 0.2) is 0 Å². The summed E-state index contributed by atoms with van der Waals surface area (Å²) >= 11 is 0. The maximum Gasteiger partial charge on any atom is -0.000742 e. The summed E-state index contributed by atoms with van der Waals surface area (Å²) in [5.74, 6) is 0. The van der Waals surface area contributed by atoms with E-state index in [9.17, 15) is 0 Å². The van der Waals surface area contributed by atoms with Crippen molar-refractivity contribution < 1.29 is 0 Å². The molecule has 0 aliphatic rings. The smallest absolute Gasteiger partial charge is 0.000742 e. The Kier molecular flexibility index (Phi) is 7.25. The SMILES string of the molecule is c1ccc(-c2c(-c3cccc4ccccc34)c(-c3cccc4ccccc34)c3c(-c4ccccc4)cccc3c2-c2cccc3ccccc23)cc1. The molecule has 0 fully saturated rings. The molecule has 0 amide bonds. The Labute approximate surface area is 303 Å². The lowest BCUT2D eigenvalue weighted by molar-refractivity contribution is 1.59. The monoisotopic (exact) mass is 658 g/mol. The van der Waals surface area contributed by atoms with Gasteiger partial charge in [-0.2, -0.15) is 0 Å². The van der Waals surface area contributed by atoms with Crippen LogP contribution in [0, 0.1) is 0 Å². The van der Waals surface area contributed by atoms with E-state index in [0.717, 1.165) is 0 Å². The van der Waals surface area contributed by atoms with Crippen LogP contribution >= 0.6 is 0 Å². The fraction of sp³-hybridized carbons (Fsp3) is 0. The number of fused-ring (bicyclic) bond motifs is 4. The minimum absolute atomic E-state index is 1.20. The third-order valence-corrected chi connectivity index (χ3v) is 10.7. The molecule has 0 nitrogen and oxygen atoms in total. The summed E-state index contributed by atoms with van der Waals surface area (Å²) in [7, 11) is 0. The van der Waals surface area contributed by atoms with Crippen molar-refractivity contribution in [3.63, 3.8) is 0 Å². The quantitative estimate of drug-likeness (QED) is 0.173. The first-order valence-electron chi connectivity index (χ1n) is 18.0. The fourth-order valence-electron chi connectivity index (χ4n) is 8.44. The average Bonchev–Trinajstić information content (AvgIpc) is 3.22. The number of hydrogen-bond donors (Lipinski definition) is 0. The van der Waals surface area contributed by atoms with Crippen molar-refractivity contribution in [1.82, 2.24) is 0 Å². The van der Waals surface area contributed by atoms with Crippen LogP contribution < -0.4 is 0 Å². The number of benzene rings is 10. The van der Waals surface area contributed by atoms with Gasteiger partial charge in [0.05, 0.1) is 0 Å². The molecule has 0 radical (unpaired) electrons. The Hall–Kier alpha value is -6.76. The average molecular weight is 659 g/mol. The van der Waals surface area contributed by atoms with E-state index in [0.29, 0.717) is 0 Å². The minimum atomic E-state index is 1.20. The lowest BCUT2D eigenvalue weighted by Gasteiger charge is -2.27. The molecule has 242 valence electrons. The molecule has 10 aromatic rings. The molecular weight excluding hydrogens is 625 g/mol. The van der Waals surface area contributed by atoms with Gasteiger partial charge in [-0.25, -0.2) is 0 Å². The normalized spacial score (nSPS) is 11.5. The van der Waals surface area contributed by atoms with Gasteiger partial charge in [0.2, 0.25) is 0 Å². The van der Waals surface area contributed by atoms with E-state index >= 15 is 0 Å². The van der Waals surface area contributed by atoms with Crippen molar-refractivity contribution in [2.24, 2.45) is 0 Å². The van der Waals surface area contributed by atoms with Crippen LogP contribution in [0.2, 0.25) is 0 Å². The van der Waals surface area contributed by atoms with Gasteiger partial charge >= 0.3 is 0 Å². The van der Waals surface area contributed by atoms with Crippen molar-refractivity contribution in [1.29, 1.82) is 0 Å². The standard InChI is InChI=1S/C52H34/c1-3-17-38(18-4-1)43-30-16-34-47-49(43)52(46-33-15-26-37-21-9-12-29-42(37)46)51(45-32-14-25-36-20-8-11-28-41(36)45)48(39-22-5-2-6-23-39)50(47)44-31-13-24-35-19-7-10-27-40(35)44/h1-34H. The molecule has 0 heterocycles. The lowest BCUT2D eigenvalue weighted by atomic mass is 9.75. The summed E-state index contributed by atoms with van der Waals surface area (Å²) in [4.78, 5) is 0. The molecule has 0 saturated heterocycles. The molecule has 0 aliphatic carbocycles. The van der Waals surface area contributed by atoms with E-state index in [2.05, 4.69) is 206 Å². The predicted molar refractivity (Wildman–Crippen MR) is 224 cm³/mol. The zero-order valence-electron chi connectivity index (χ0n) is 28.6. The minimum Gasteiger partial charge on any atom is -0.0622 e. The van der Waals surface area contributed by atoms with Gasteiger partial charge in [-0.15, -0.1) is 0 Å². The zero-order chi connectivity index (χ0) is 34.4. The van der Waals surface area contributed by atoms with Crippen LogP contribution in [0.4, 0.5) is 0 Å². The van der Waals surface area contributed by atoms with E-state index in [1.54, 1.807) is 0 Å². The van der Waals surface area contributed by atoms with Crippen LogP contribution in [0.5, 0.6) is 0 Å². The van der Waals surface area contributed by atoms with Crippen molar-refractivity contribution in [3.05, 3.63) is 206 Å². The van der Waals surface area contributed by atoms with Crippen molar-refractivity contribution >= 4 is 43.1 Å². The molecule has 0 saturated carbocycles. The van der Waals surface area contributed by atoms with E-state index in [4.69, 9.17) is 0 Å². The van der Waals surface area contributed by atoms with Gasteiger partial charge in [0, 0.05) is 0 Å². The third-order valence-electron chi connectivity index (χ3n) is 10.7. The summed E-state index contributed by atoms with van der Waals surface area (Å²) in [6.07, 6.45) is 0. The molecule has 10 aromatic carbocycles. The zero-order valence-corrected chi connectivity index (χ0v) is 28.6. The second kappa shape index (κ2) is 12.5. The van der Waals surface area contributed by atoms with Gasteiger partial charge in [0.1, 0.15) is 0 Å². The molecular formula is C52H34. The highest BCUT2D eigenvalue weighted by Gasteiger charge is 2.28. The van der Waals surface area contributed by atoms with E-state index in [1.165, 1.54) is 98.7 Å². The van der Waals surface area contributed by atoms with Crippen LogP contribution in [0.15, 0.2) is 206 Å². The first-order valence-corrected chi connectivity index (χ1v) is 18.0. The summed E-state index contributed by atoms with van der Waals surface area (Å²) in [6, 6.07) is 75.8. The largest absolute Gasteiger partial charge is 0.0622 e. The molecule has 0 aromatic heterocycles. The molecule has 0 spiro atoms. The van der Waals surface area contributed by atoms with Crippen molar-refractivity contribution in [2.75, 3.05) is 0 Å². The maximum atomic E-state index is 2.35. The Morgan fingerprint density at radius 1 is 0.192 bits per heavy atom. The molecule has 0 N–H and O–H groups in total. The van der Waals surface area contributed by atoms with Gasteiger partial charge in [0.25, 0.3) is 0 Å². The molecule has 52 heavy (non-hydrogen) atoms. The summed E-state index contributed by atoms with van der Waals surface area (Å²) in [6.45, 7) is 0.